The molecule has 0 radical (unpaired) electrons. The van der Waals surface area contributed by atoms with E-state index in [1.807, 2.05) is 50.2 Å². The van der Waals surface area contributed by atoms with E-state index >= 15 is 0 Å². The van der Waals surface area contributed by atoms with Gasteiger partial charge in [0.25, 0.3) is 0 Å². The number of aromatic nitrogens is 5. The number of nitrogens with zero attached hydrogens (tertiary/aromatic N) is 4. The number of ketones is 1. The zero-order valence-electron chi connectivity index (χ0n) is 14.0. The van der Waals surface area contributed by atoms with Crippen LogP contribution in [0, 0.1) is 6.92 Å². The summed E-state index contributed by atoms with van der Waals surface area (Å²) in [5.41, 5.74) is 4.24. The summed E-state index contributed by atoms with van der Waals surface area (Å²) in [5, 5.41) is 9.17. The number of fused-ring (bicyclic) bond motifs is 1. The molecule has 0 saturated carbocycles. The van der Waals surface area contributed by atoms with E-state index in [-0.39, 0.29) is 5.78 Å². The first kappa shape index (κ1) is 15.3. The molecule has 0 bridgehead atoms. The lowest BCUT2D eigenvalue weighted by Gasteiger charge is -2.09. The molecule has 124 valence electrons. The van der Waals surface area contributed by atoms with Gasteiger partial charge >= 0.3 is 0 Å². The average molecular weight is 331 g/mol. The number of hydrogen-bond acceptors (Lipinski definition) is 4. The van der Waals surface area contributed by atoms with Crippen LogP contribution in [0.3, 0.4) is 0 Å². The maximum Gasteiger partial charge on any atom is 0.189 e. The van der Waals surface area contributed by atoms with Gasteiger partial charge in [0, 0.05) is 28.9 Å². The molecule has 0 saturated heterocycles. The highest BCUT2D eigenvalue weighted by Crippen LogP contribution is 2.23. The largest absolute Gasteiger partial charge is 0.345 e. The Kier molecular flexibility index (Phi) is 3.65. The van der Waals surface area contributed by atoms with E-state index in [1.54, 1.807) is 23.3 Å². The predicted molar refractivity (Wildman–Crippen MR) is 95.3 cm³/mol. The van der Waals surface area contributed by atoms with Gasteiger partial charge < -0.3 is 4.98 Å². The number of Topliss-reactive ketones (excluding diaryl/α,β-unsaturated/α-hetero) is 1. The Hall–Kier alpha value is -3.28. The fourth-order valence-corrected chi connectivity index (χ4v) is 2.83. The molecule has 1 unspecified atom stereocenters. The third-order valence-electron chi connectivity index (χ3n) is 4.35. The number of rotatable bonds is 4. The summed E-state index contributed by atoms with van der Waals surface area (Å²) in [6, 6.07) is 11.3. The molecule has 6 nitrogen and oxygen atoms in total. The number of hydrogen-bond donors (Lipinski definition) is 1. The molecule has 0 spiro atoms. The first-order valence-electron chi connectivity index (χ1n) is 8.08. The maximum atomic E-state index is 12.9. The van der Waals surface area contributed by atoms with Gasteiger partial charge in [-0.3, -0.25) is 4.79 Å². The summed E-state index contributed by atoms with van der Waals surface area (Å²) in [5.74, 6) is -0.0281. The van der Waals surface area contributed by atoms with Crippen molar-refractivity contribution >= 4 is 16.8 Å². The molecule has 4 aromatic rings. The zero-order chi connectivity index (χ0) is 17.4. The number of aromatic amines is 1. The lowest BCUT2D eigenvalue weighted by atomic mass is 10.1. The normalized spacial score (nSPS) is 12.4. The van der Waals surface area contributed by atoms with Crippen LogP contribution in [0.2, 0.25) is 0 Å². The van der Waals surface area contributed by atoms with Gasteiger partial charge in [-0.25, -0.2) is 9.67 Å². The molecule has 0 fully saturated rings. The quantitative estimate of drug-likeness (QED) is 0.580. The number of H-pyrrole nitrogens is 1. The molecule has 1 N–H and O–H groups in total. The van der Waals surface area contributed by atoms with Crippen LogP contribution in [-0.2, 0) is 0 Å². The Labute approximate surface area is 144 Å². The molecule has 25 heavy (non-hydrogen) atoms. The van der Waals surface area contributed by atoms with Gasteiger partial charge in [0.2, 0.25) is 0 Å². The van der Waals surface area contributed by atoms with Gasteiger partial charge in [-0.15, -0.1) is 5.10 Å². The van der Waals surface area contributed by atoms with E-state index in [4.69, 9.17) is 0 Å². The minimum Gasteiger partial charge on any atom is -0.345 e. The molecule has 0 aliphatic heterocycles. The SMILES string of the molecule is Cc1ccc(-c2cn(C(C)C(=O)c3c[nH]c4ncccc34)nn2)cc1. The van der Waals surface area contributed by atoms with Gasteiger partial charge in [0.05, 0.1) is 6.20 Å². The van der Waals surface area contributed by atoms with E-state index in [1.165, 1.54) is 5.56 Å². The molecule has 0 aliphatic carbocycles. The van der Waals surface area contributed by atoms with Crippen LogP contribution in [0.25, 0.3) is 22.3 Å². The molecule has 3 aromatic heterocycles. The molecular formula is C19H17N5O. The Morgan fingerprint density at radius 3 is 2.80 bits per heavy atom. The maximum absolute atomic E-state index is 12.9. The minimum absolute atomic E-state index is 0.0281. The number of carbonyl (C=O) groups is 1. The van der Waals surface area contributed by atoms with E-state index in [2.05, 4.69) is 20.3 Å². The molecule has 4 rings (SSSR count). The number of carbonyl (C=O) groups excluding carboxylic acids is 1. The number of nitrogens with one attached hydrogen (secondary N) is 1. The van der Waals surface area contributed by atoms with Crippen molar-refractivity contribution in [1.29, 1.82) is 0 Å². The van der Waals surface area contributed by atoms with Crippen LogP contribution >= 0.6 is 0 Å². The molecular weight excluding hydrogens is 314 g/mol. The number of benzene rings is 1. The van der Waals surface area contributed by atoms with Crippen LogP contribution in [0.15, 0.2) is 55.0 Å². The highest BCUT2D eigenvalue weighted by Gasteiger charge is 2.22. The first-order chi connectivity index (χ1) is 12.1. The van der Waals surface area contributed by atoms with E-state index in [0.29, 0.717) is 11.2 Å². The fraction of sp³-hybridized carbons (Fsp3) is 0.158. The van der Waals surface area contributed by atoms with Crippen molar-refractivity contribution < 1.29 is 4.79 Å². The molecule has 3 heterocycles. The number of pyridine rings is 1. The fourth-order valence-electron chi connectivity index (χ4n) is 2.83. The topological polar surface area (TPSA) is 76.5 Å². The summed E-state index contributed by atoms with van der Waals surface area (Å²) in [6.07, 6.45) is 5.20. The van der Waals surface area contributed by atoms with Crippen molar-refractivity contribution in [3.8, 4) is 11.3 Å². The molecule has 0 aliphatic rings. The predicted octanol–water partition coefficient (Wildman–Crippen LogP) is 3.57. The second kappa shape index (κ2) is 5.98. The van der Waals surface area contributed by atoms with Crippen molar-refractivity contribution in [2.75, 3.05) is 0 Å². The van der Waals surface area contributed by atoms with Gasteiger partial charge in [0.15, 0.2) is 5.78 Å². The Morgan fingerprint density at radius 1 is 1.20 bits per heavy atom. The van der Waals surface area contributed by atoms with Crippen molar-refractivity contribution in [3.63, 3.8) is 0 Å². The smallest absolute Gasteiger partial charge is 0.189 e. The Morgan fingerprint density at radius 2 is 2.00 bits per heavy atom. The van der Waals surface area contributed by atoms with Crippen molar-refractivity contribution in [3.05, 3.63) is 66.1 Å². The highest BCUT2D eigenvalue weighted by molar-refractivity contribution is 6.08. The summed E-state index contributed by atoms with van der Waals surface area (Å²) in [7, 11) is 0. The standard InChI is InChI=1S/C19H17N5O/c1-12-5-7-14(8-6-12)17-11-24(23-22-17)13(2)18(25)16-10-21-19-15(16)4-3-9-20-19/h3-11,13H,1-2H3,(H,20,21). The first-order valence-corrected chi connectivity index (χ1v) is 8.08. The summed E-state index contributed by atoms with van der Waals surface area (Å²) in [4.78, 5) is 20.1. The van der Waals surface area contributed by atoms with Crippen molar-refractivity contribution in [2.45, 2.75) is 19.9 Å². The Balaban J connectivity index is 1.63. The van der Waals surface area contributed by atoms with Crippen LogP contribution < -0.4 is 0 Å². The zero-order valence-corrected chi connectivity index (χ0v) is 14.0. The second-order valence-corrected chi connectivity index (χ2v) is 6.09. The lowest BCUT2D eigenvalue weighted by Crippen LogP contribution is -2.17. The van der Waals surface area contributed by atoms with Gasteiger partial charge in [-0.05, 0) is 26.0 Å². The van der Waals surface area contributed by atoms with Gasteiger partial charge in [-0.2, -0.15) is 0 Å². The van der Waals surface area contributed by atoms with Crippen LogP contribution in [0.5, 0.6) is 0 Å². The average Bonchev–Trinajstić information content (AvgIpc) is 3.28. The summed E-state index contributed by atoms with van der Waals surface area (Å²) >= 11 is 0. The summed E-state index contributed by atoms with van der Waals surface area (Å²) in [6.45, 7) is 3.86. The molecule has 1 aromatic carbocycles. The monoisotopic (exact) mass is 331 g/mol. The van der Waals surface area contributed by atoms with E-state index in [0.717, 1.165) is 16.6 Å². The van der Waals surface area contributed by atoms with Crippen LogP contribution in [-0.4, -0.2) is 30.7 Å². The third kappa shape index (κ3) is 2.71. The second-order valence-electron chi connectivity index (χ2n) is 6.09. The molecule has 6 heteroatoms. The van der Waals surface area contributed by atoms with Crippen LogP contribution in [0.1, 0.15) is 28.9 Å². The van der Waals surface area contributed by atoms with Crippen molar-refractivity contribution in [1.82, 2.24) is 25.0 Å². The summed E-state index contributed by atoms with van der Waals surface area (Å²) < 4.78 is 1.60. The highest BCUT2D eigenvalue weighted by atomic mass is 16.1. The minimum atomic E-state index is -0.453. The van der Waals surface area contributed by atoms with Gasteiger partial charge in [-0.1, -0.05) is 35.0 Å². The van der Waals surface area contributed by atoms with E-state index in [9.17, 15) is 4.79 Å². The van der Waals surface area contributed by atoms with Crippen LogP contribution in [0.4, 0.5) is 0 Å². The third-order valence-corrected chi connectivity index (χ3v) is 4.35. The lowest BCUT2D eigenvalue weighted by molar-refractivity contribution is 0.0928. The molecule has 0 amide bonds. The van der Waals surface area contributed by atoms with Gasteiger partial charge in [0.1, 0.15) is 17.4 Å². The van der Waals surface area contributed by atoms with Crippen molar-refractivity contribution in [2.24, 2.45) is 0 Å². The molecule has 1 atom stereocenters. The Bertz CT molecular complexity index is 1050. The number of aryl methyl sites for hydroxylation is 1. The van der Waals surface area contributed by atoms with E-state index < -0.39 is 6.04 Å².